The Morgan fingerprint density at radius 3 is 1.16 bits per heavy atom. The monoisotopic (exact) mass is 1660 g/mol. The third kappa shape index (κ3) is 33.5. The summed E-state index contributed by atoms with van der Waals surface area (Å²) in [5.74, 6) is -6.10. The summed E-state index contributed by atoms with van der Waals surface area (Å²) in [5.41, 5.74) is 14.1. The average molecular weight is 1660 g/mol. The number of amides is 11. The maximum absolute atomic E-state index is 14.6. The highest BCUT2D eigenvalue weighted by Gasteiger charge is 2.51. The number of esters is 2. The Balaban J connectivity index is 0.000000451. The van der Waals surface area contributed by atoms with Gasteiger partial charge in [-0.2, -0.15) is 0 Å². The second kappa shape index (κ2) is 44.9. The molecule has 2 aliphatic rings. The molecular formula is C87H130N14O18. The quantitative estimate of drug-likeness (QED) is 0.0148. The van der Waals surface area contributed by atoms with Crippen molar-refractivity contribution in [1.29, 1.82) is 0 Å². The van der Waals surface area contributed by atoms with E-state index in [0.717, 1.165) is 16.7 Å². The Kier molecular flexibility index (Phi) is 37.3. The SMILES string of the molecule is COC(=O)C1(N)CCN(C(=O)[C@@H](CCCCN)NC(=O)[C@H](NC(=O)[C@@H](Cc2ccccc2)NC(=O)[C@H](N)Cc2ccccc2)C(C)(C)C)C1.COC(=O)C1(NC(=O)OC(C)(C)C)CCN(C(=O)[C@@H](CCCCNC(=O)OC(C)(C)C)NC(=O)[C@H](NC(=O)[C@@H](Cc2ccccc2)NC(=O)[C@@H](Cc2ccccc2)NC(=O)OC(C)(C)C)C(C)(C)C)C1. The van der Waals surface area contributed by atoms with Crippen LogP contribution in [0.15, 0.2) is 121 Å². The fourth-order valence-corrected chi connectivity index (χ4v) is 13.3. The largest absolute Gasteiger partial charge is 0.468 e. The molecule has 15 N–H and O–H groups in total. The zero-order valence-electron chi connectivity index (χ0n) is 72.4. The summed E-state index contributed by atoms with van der Waals surface area (Å²) in [5, 5.41) is 25.0. The first-order chi connectivity index (χ1) is 55.6. The number of rotatable bonds is 35. The highest BCUT2D eigenvalue weighted by Crippen LogP contribution is 2.29. The van der Waals surface area contributed by atoms with E-state index in [2.05, 4.69) is 47.9 Å². The topological polar surface area (TPSA) is 461 Å². The molecule has 0 radical (unpaired) electrons. The first-order valence-corrected chi connectivity index (χ1v) is 40.5. The van der Waals surface area contributed by atoms with Gasteiger partial charge in [-0.3, -0.25) is 38.4 Å². The van der Waals surface area contributed by atoms with Crippen LogP contribution in [0.4, 0.5) is 14.4 Å². The molecule has 2 fully saturated rings. The summed E-state index contributed by atoms with van der Waals surface area (Å²) in [6, 6.07) is 27.6. The van der Waals surface area contributed by atoms with E-state index in [1.54, 1.807) is 152 Å². The van der Waals surface area contributed by atoms with Gasteiger partial charge in [0, 0.05) is 51.9 Å². The van der Waals surface area contributed by atoms with Gasteiger partial charge in [-0.1, -0.05) is 163 Å². The number of nitrogens with zero attached hydrogens (tertiary/aromatic N) is 2. The summed E-state index contributed by atoms with van der Waals surface area (Å²) in [6.07, 6.45) is 0.685. The van der Waals surface area contributed by atoms with Crippen molar-refractivity contribution < 1.29 is 86.0 Å². The number of carbonyl (C=O) groups excluding carboxylic acids is 13. The molecule has 2 unspecified atom stereocenters. The second-order valence-electron chi connectivity index (χ2n) is 35.5. The molecule has 0 aromatic heterocycles. The number of alkyl carbamates (subject to hydrolysis) is 3. The van der Waals surface area contributed by atoms with Gasteiger partial charge in [0.2, 0.25) is 47.3 Å². The summed E-state index contributed by atoms with van der Waals surface area (Å²) in [6.45, 7) is 26.4. The normalized spacial score (nSPS) is 17.5. The molecule has 0 aliphatic carbocycles. The molecule has 4 aromatic carbocycles. The van der Waals surface area contributed by atoms with Crippen molar-refractivity contribution in [2.75, 3.05) is 53.5 Å². The lowest BCUT2D eigenvalue weighted by Crippen LogP contribution is -2.62. The number of carbonyl (C=O) groups is 13. The van der Waals surface area contributed by atoms with E-state index in [1.807, 2.05) is 72.8 Å². The van der Waals surface area contributed by atoms with E-state index in [1.165, 1.54) is 24.0 Å². The number of likely N-dealkylation sites (tertiary alicyclic amines) is 2. The van der Waals surface area contributed by atoms with Crippen molar-refractivity contribution >= 4 is 77.5 Å². The van der Waals surface area contributed by atoms with Crippen LogP contribution in [-0.4, -0.2) is 217 Å². The van der Waals surface area contributed by atoms with Crippen molar-refractivity contribution in [3.63, 3.8) is 0 Å². The molecule has 0 spiro atoms. The molecule has 0 saturated carbocycles. The number of nitrogens with one attached hydrogen (secondary N) is 9. The minimum absolute atomic E-state index is 0.00461. The molecule has 656 valence electrons. The van der Waals surface area contributed by atoms with Crippen LogP contribution in [0.1, 0.15) is 177 Å². The van der Waals surface area contributed by atoms with E-state index < -0.39 is 159 Å². The fraction of sp³-hybridized carbons (Fsp3) is 0.575. The minimum Gasteiger partial charge on any atom is -0.468 e. The van der Waals surface area contributed by atoms with Gasteiger partial charge in [-0.25, -0.2) is 24.0 Å². The lowest BCUT2D eigenvalue weighted by atomic mass is 9.85. The van der Waals surface area contributed by atoms with Gasteiger partial charge in [0.15, 0.2) is 5.54 Å². The molecule has 119 heavy (non-hydrogen) atoms. The highest BCUT2D eigenvalue weighted by molar-refractivity contribution is 5.98. The van der Waals surface area contributed by atoms with Crippen LogP contribution >= 0.6 is 0 Å². The first-order valence-electron chi connectivity index (χ1n) is 40.5. The van der Waals surface area contributed by atoms with E-state index in [0.29, 0.717) is 44.2 Å². The Morgan fingerprint density at radius 2 is 0.756 bits per heavy atom. The lowest BCUT2D eigenvalue weighted by molar-refractivity contribution is -0.149. The molecule has 4 aromatic rings. The molecule has 0 bridgehead atoms. The smallest absolute Gasteiger partial charge is 0.408 e. The predicted octanol–water partition coefficient (Wildman–Crippen LogP) is 5.76. The van der Waals surface area contributed by atoms with Crippen molar-refractivity contribution in [2.24, 2.45) is 28.0 Å². The van der Waals surface area contributed by atoms with Crippen LogP contribution in [0.3, 0.4) is 0 Å². The van der Waals surface area contributed by atoms with E-state index in [-0.39, 0.29) is 83.6 Å². The molecule has 2 heterocycles. The Morgan fingerprint density at radius 1 is 0.403 bits per heavy atom. The number of unbranched alkanes of at least 4 members (excludes halogenated alkanes) is 2. The van der Waals surface area contributed by atoms with Crippen LogP contribution in [0.5, 0.6) is 0 Å². The molecular weight excluding hydrogens is 1530 g/mol. The molecule has 32 heteroatoms. The maximum atomic E-state index is 14.6. The van der Waals surface area contributed by atoms with Crippen molar-refractivity contribution in [3.05, 3.63) is 144 Å². The number of nitrogens with two attached hydrogens (primary N) is 3. The lowest BCUT2D eigenvalue weighted by Gasteiger charge is -2.34. The van der Waals surface area contributed by atoms with Crippen LogP contribution in [-0.2, 0) is 97.3 Å². The van der Waals surface area contributed by atoms with Gasteiger partial charge in [-0.05, 0) is 153 Å². The number of hydrogen-bond donors (Lipinski definition) is 12. The van der Waals surface area contributed by atoms with Gasteiger partial charge in [0.1, 0.15) is 64.6 Å². The maximum Gasteiger partial charge on any atom is 0.408 e. The molecule has 10 atom stereocenters. The Hall–Kier alpha value is -10.7. The molecule has 32 nitrogen and oxygen atoms in total. The summed E-state index contributed by atoms with van der Waals surface area (Å²) < 4.78 is 26.1. The van der Waals surface area contributed by atoms with Crippen molar-refractivity contribution in [1.82, 2.24) is 57.7 Å². The van der Waals surface area contributed by atoms with Crippen molar-refractivity contribution in [2.45, 2.75) is 257 Å². The zero-order valence-corrected chi connectivity index (χ0v) is 72.4. The van der Waals surface area contributed by atoms with Gasteiger partial charge in [0.25, 0.3) is 0 Å². The van der Waals surface area contributed by atoms with Gasteiger partial charge in [0.05, 0.1) is 26.8 Å². The van der Waals surface area contributed by atoms with E-state index >= 15 is 0 Å². The van der Waals surface area contributed by atoms with Crippen LogP contribution in [0, 0.1) is 10.8 Å². The number of hydrogen-bond acceptors (Lipinski definition) is 21. The number of methoxy groups -OCH3 is 2. The van der Waals surface area contributed by atoms with Crippen LogP contribution in [0.2, 0.25) is 0 Å². The van der Waals surface area contributed by atoms with Crippen LogP contribution in [0.25, 0.3) is 0 Å². The molecule has 6 rings (SSSR count). The van der Waals surface area contributed by atoms with Crippen molar-refractivity contribution in [3.8, 4) is 0 Å². The minimum atomic E-state index is -1.65. The molecule has 11 amide bonds. The van der Waals surface area contributed by atoms with E-state index in [4.69, 9.17) is 40.9 Å². The average Bonchev–Trinajstić information content (AvgIpc) is 1.66. The van der Waals surface area contributed by atoms with Gasteiger partial charge in [-0.15, -0.1) is 0 Å². The third-order valence-electron chi connectivity index (χ3n) is 19.5. The number of benzene rings is 4. The molecule has 2 aliphatic heterocycles. The second-order valence-corrected chi connectivity index (χ2v) is 35.5. The number of ether oxygens (including phenoxy) is 5. The van der Waals surface area contributed by atoms with Gasteiger partial charge < -0.3 is 98.5 Å². The third-order valence-corrected chi connectivity index (χ3v) is 19.5. The predicted molar refractivity (Wildman–Crippen MR) is 449 cm³/mol. The van der Waals surface area contributed by atoms with Crippen LogP contribution < -0.4 is 65.1 Å². The van der Waals surface area contributed by atoms with Gasteiger partial charge >= 0.3 is 30.2 Å². The fourth-order valence-electron chi connectivity index (χ4n) is 13.3. The Labute approximate surface area is 700 Å². The summed E-state index contributed by atoms with van der Waals surface area (Å²) in [4.78, 5) is 179. The summed E-state index contributed by atoms with van der Waals surface area (Å²) in [7, 11) is 2.41. The standard InChI is InChI=1S/C51H77N7O12.C36H53N7O6/c1-47(2,3)38(56-40(60)36(30-33-22-16-14-17-23-33)54-39(59)37(31-34-24-18-15-19-25-34)55-45(65)69-49(7,8)9)41(61)53-35(26-20-21-28-52-44(64)68-48(4,5)6)42(62)58-29-27-51(32-58,43(63)67-13)57-46(66)70-50(10,11)12;1-35(2,3)29(32(46)40-27(17-11-12-19-37)33(47)43-20-18-36(39,23-43)34(48)49-4)42-31(45)28(22-25-15-9-6-10-16-25)41-30(44)26(38)21-24-13-7-5-8-14-24/h14-19,22-25,35-38H,20-21,26-32H2,1-13H3,(H,52,64)(H,53,61)(H,54,59)(H,55,65)(H,56,60)(H,57,66);5-10,13-16,26-29H,11-12,17-23,37-39H2,1-4H3,(H,40,46)(H,41,44)(H,42,45)/t35-,36-,37-,38+,51?;26-,27-,28-,29+,36?/m11/s1. The van der Waals surface area contributed by atoms with E-state index in [9.17, 15) is 62.3 Å². The highest BCUT2D eigenvalue weighted by atomic mass is 16.6. The zero-order chi connectivity index (χ0) is 88.9. The first kappa shape index (κ1) is 98.8. The Bertz CT molecular complexity index is 4030. The molecule has 2 saturated heterocycles. The summed E-state index contributed by atoms with van der Waals surface area (Å²) >= 11 is 0.